The number of nitrogens with one attached hydrogen (secondary N) is 1. The van der Waals surface area contributed by atoms with E-state index in [9.17, 15) is 4.39 Å². The van der Waals surface area contributed by atoms with Crippen molar-refractivity contribution in [2.75, 3.05) is 6.61 Å². The smallest absolute Gasteiger partial charge is 0.158 e. The summed E-state index contributed by atoms with van der Waals surface area (Å²) < 4.78 is 19.8. The Morgan fingerprint density at radius 2 is 1.97 bits per heavy atom. The third kappa shape index (κ3) is 3.14. The molecule has 2 heterocycles. The number of H-pyrrole nitrogens is 1. The lowest BCUT2D eigenvalue weighted by Crippen LogP contribution is -2.21. The van der Waals surface area contributed by atoms with Crippen LogP contribution in [0.2, 0.25) is 0 Å². The summed E-state index contributed by atoms with van der Waals surface area (Å²) in [4.78, 5) is 16.7. The lowest BCUT2D eigenvalue weighted by molar-refractivity contribution is 0.269. The van der Waals surface area contributed by atoms with Crippen LogP contribution < -0.4 is 4.74 Å². The van der Waals surface area contributed by atoms with Crippen molar-refractivity contribution in [2.45, 2.75) is 31.6 Å². The first-order chi connectivity index (χ1) is 14.0. The Balaban J connectivity index is 1.47. The molecule has 4 aromatic rings. The highest BCUT2D eigenvalue weighted by atomic mass is 19.1. The number of aromatic nitrogens is 4. The molecular weight excluding hydrogens is 367 g/mol. The summed E-state index contributed by atoms with van der Waals surface area (Å²) in [5.74, 6) is 2.20. The van der Waals surface area contributed by atoms with E-state index in [2.05, 4.69) is 27.1 Å². The molecule has 1 aliphatic rings. The Morgan fingerprint density at radius 3 is 2.76 bits per heavy atom. The summed E-state index contributed by atoms with van der Waals surface area (Å²) in [6.45, 7) is 4.29. The van der Waals surface area contributed by atoms with E-state index in [1.807, 2.05) is 32.0 Å². The molecule has 146 valence electrons. The second kappa shape index (κ2) is 6.65. The maximum absolute atomic E-state index is 13.6. The Kier molecular flexibility index (Phi) is 4.08. The minimum absolute atomic E-state index is 0.173. The molecule has 5 rings (SSSR count). The zero-order chi connectivity index (χ0) is 20.0. The number of halogens is 1. The van der Waals surface area contributed by atoms with Crippen LogP contribution in [0.15, 0.2) is 54.7 Å². The van der Waals surface area contributed by atoms with Gasteiger partial charge in [-0.15, -0.1) is 0 Å². The number of hydrogen-bond acceptors (Lipinski definition) is 4. The minimum atomic E-state index is -0.268. The molecule has 2 aromatic carbocycles. The average molecular weight is 388 g/mol. The van der Waals surface area contributed by atoms with Gasteiger partial charge in [0.15, 0.2) is 5.75 Å². The predicted octanol–water partition coefficient (Wildman–Crippen LogP) is 4.61. The highest BCUT2D eigenvalue weighted by Crippen LogP contribution is 2.60. The number of aromatic amines is 1. The fourth-order valence-electron chi connectivity index (χ4n) is 4.08. The van der Waals surface area contributed by atoms with Gasteiger partial charge in [0.05, 0.1) is 29.5 Å². The van der Waals surface area contributed by atoms with E-state index in [1.54, 1.807) is 12.3 Å². The van der Waals surface area contributed by atoms with E-state index in [4.69, 9.17) is 9.72 Å². The van der Waals surface area contributed by atoms with Crippen LogP contribution in [-0.4, -0.2) is 26.5 Å². The normalized spacial score (nSPS) is 20.7. The van der Waals surface area contributed by atoms with Crippen LogP contribution in [0.5, 0.6) is 5.75 Å². The molecule has 2 atom stereocenters. The van der Waals surface area contributed by atoms with Gasteiger partial charge in [-0.05, 0) is 44.0 Å². The van der Waals surface area contributed by atoms with Crippen molar-refractivity contribution < 1.29 is 9.13 Å². The summed E-state index contributed by atoms with van der Waals surface area (Å²) in [5, 5.41) is 0. The van der Waals surface area contributed by atoms with Gasteiger partial charge in [0.2, 0.25) is 0 Å². The number of ether oxygens (including phenoxy) is 1. The molecule has 0 amide bonds. The number of fused-ring (bicyclic) bond motifs is 1. The first-order valence-electron chi connectivity index (χ1n) is 9.69. The number of aryl methyl sites for hydroxylation is 2. The summed E-state index contributed by atoms with van der Waals surface area (Å²) in [7, 11) is 0. The summed E-state index contributed by atoms with van der Waals surface area (Å²) in [6, 6.07) is 15.0. The standard InChI is InChI=1S/C23H21FN4O/c1-14-21(12-25-15(2)26-14)29-13-23(16-6-4-3-5-7-16)11-18(23)22-27-19-9-8-17(24)10-20(19)28-22/h3-10,12,18H,11,13H2,1-2H3,(H,27,28)/t18?,23-/m1/s1. The number of benzene rings is 2. The Morgan fingerprint density at radius 1 is 1.14 bits per heavy atom. The SMILES string of the molecule is Cc1ncc(OC[C@@]2(c3ccccc3)CC2c2nc3ccc(F)cc3[nH]2)c(C)n1. The van der Waals surface area contributed by atoms with E-state index in [1.165, 1.54) is 17.7 Å². The molecule has 0 aliphatic heterocycles. The second-order valence-electron chi connectivity index (χ2n) is 7.72. The molecule has 0 saturated heterocycles. The fraction of sp³-hybridized carbons (Fsp3) is 0.261. The molecule has 1 unspecified atom stereocenters. The molecule has 1 N–H and O–H groups in total. The topological polar surface area (TPSA) is 63.7 Å². The van der Waals surface area contributed by atoms with Gasteiger partial charge in [-0.3, -0.25) is 0 Å². The molecule has 1 aliphatic carbocycles. The van der Waals surface area contributed by atoms with Crippen LogP contribution in [0.3, 0.4) is 0 Å². The van der Waals surface area contributed by atoms with Crippen molar-refractivity contribution >= 4 is 11.0 Å². The lowest BCUT2D eigenvalue weighted by atomic mass is 9.94. The number of rotatable bonds is 5. The fourth-order valence-corrected chi connectivity index (χ4v) is 4.08. The van der Waals surface area contributed by atoms with Crippen LogP contribution >= 0.6 is 0 Å². The van der Waals surface area contributed by atoms with Gasteiger partial charge in [0, 0.05) is 11.3 Å². The van der Waals surface area contributed by atoms with Gasteiger partial charge in [-0.25, -0.2) is 19.3 Å². The Bertz CT molecular complexity index is 1190. The van der Waals surface area contributed by atoms with Crippen LogP contribution in [0.4, 0.5) is 4.39 Å². The van der Waals surface area contributed by atoms with Crippen molar-refractivity contribution in [3.63, 3.8) is 0 Å². The van der Waals surface area contributed by atoms with Gasteiger partial charge < -0.3 is 9.72 Å². The Hall–Kier alpha value is -3.28. The van der Waals surface area contributed by atoms with E-state index in [0.29, 0.717) is 12.4 Å². The van der Waals surface area contributed by atoms with Gasteiger partial charge >= 0.3 is 0 Å². The molecule has 1 saturated carbocycles. The van der Waals surface area contributed by atoms with Gasteiger partial charge in [0.1, 0.15) is 17.5 Å². The average Bonchev–Trinajstić information content (AvgIpc) is 3.31. The quantitative estimate of drug-likeness (QED) is 0.542. The molecular formula is C23H21FN4O. The van der Waals surface area contributed by atoms with E-state index in [0.717, 1.165) is 34.8 Å². The van der Waals surface area contributed by atoms with Crippen molar-refractivity contribution in [1.82, 2.24) is 19.9 Å². The molecule has 0 radical (unpaired) electrons. The number of nitrogens with zero attached hydrogens (tertiary/aromatic N) is 3. The highest BCUT2D eigenvalue weighted by molar-refractivity contribution is 5.75. The molecule has 2 aromatic heterocycles. The maximum Gasteiger partial charge on any atom is 0.158 e. The molecule has 0 bridgehead atoms. The molecule has 6 heteroatoms. The zero-order valence-electron chi connectivity index (χ0n) is 16.3. The third-order valence-corrected chi connectivity index (χ3v) is 5.76. The minimum Gasteiger partial charge on any atom is -0.489 e. The van der Waals surface area contributed by atoms with Crippen LogP contribution in [0.1, 0.15) is 35.2 Å². The number of hydrogen-bond donors (Lipinski definition) is 1. The Labute approximate surface area is 168 Å². The van der Waals surface area contributed by atoms with Crippen molar-refractivity contribution in [3.8, 4) is 5.75 Å². The maximum atomic E-state index is 13.6. The monoisotopic (exact) mass is 388 g/mol. The lowest BCUT2D eigenvalue weighted by Gasteiger charge is -2.19. The second-order valence-corrected chi connectivity index (χ2v) is 7.72. The number of imidazole rings is 1. The van der Waals surface area contributed by atoms with Crippen LogP contribution in [0.25, 0.3) is 11.0 Å². The van der Waals surface area contributed by atoms with Gasteiger partial charge in [-0.1, -0.05) is 30.3 Å². The van der Waals surface area contributed by atoms with Crippen molar-refractivity contribution in [2.24, 2.45) is 0 Å². The first kappa shape index (κ1) is 17.8. The summed E-state index contributed by atoms with van der Waals surface area (Å²) >= 11 is 0. The van der Waals surface area contributed by atoms with E-state index in [-0.39, 0.29) is 17.2 Å². The van der Waals surface area contributed by atoms with E-state index >= 15 is 0 Å². The molecule has 1 fully saturated rings. The molecule has 29 heavy (non-hydrogen) atoms. The van der Waals surface area contributed by atoms with E-state index < -0.39 is 0 Å². The summed E-state index contributed by atoms with van der Waals surface area (Å²) in [6.07, 6.45) is 2.64. The van der Waals surface area contributed by atoms with Crippen LogP contribution in [-0.2, 0) is 5.41 Å². The largest absolute Gasteiger partial charge is 0.489 e. The highest BCUT2D eigenvalue weighted by Gasteiger charge is 2.58. The molecule has 0 spiro atoms. The van der Waals surface area contributed by atoms with Crippen LogP contribution in [0, 0.1) is 19.7 Å². The van der Waals surface area contributed by atoms with Gasteiger partial charge in [-0.2, -0.15) is 0 Å². The van der Waals surface area contributed by atoms with Gasteiger partial charge in [0.25, 0.3) is 0 Å². The third-order valence-electron chi connectivity index (χ3n) is 5.76. The van der Waals surface area contributed by atoms with Crippen molar-refractivity contribution in [1.29, 1.82) is 0 Å². The van der Waals surface area contributed by atoms with Crippen molar-refractivity contribution in [3.05, 3.63) is 83.5 Å². The summed E-state index contributed by atoms with van der Waals surface area (Å²) in [5.41, 5.74) is 3.35. The zero-order valence-corrected chi connectivity index (χ0v) is 16.3. The molecule has 5 nitrogen and oxygen atoms in total. The first-order valence-corrected chi connectivity index (χ1v) is 9.69. The predicted molar refractivity (Wildman–Crippen MR) is 109 cm³/mol.